The van der Waals surface area contributed by atoms with Gasteiger partial charge in [-0.05, 0) is 12.8 Å². The number of nitrogens with one attached hydrogen (secondary N) is 2. The second-order valence-electron chi connectivity index (χ2n) is 5.67. The molecule has 0 spiro atoms. The van der Waals surface area contributed by atoms with Gasteiger partial charge in [0.25, 0.3) is 0 Å². The van der Waals surface area contributed by atoms with Crippen molar-refractivity contribution in [2.75, 3.05) is 13.1 Å². The highest BCUT2D eigenvalue weighted by molar-refractivity contribution is 5.82. The summed E-state index contributed by atoms with van der Waals surface area (Å²) in [6, 6.07) is 0. The smallest absolute Gasteiger partial charge is 0.224 e. The molecule has 2 heterocycles. The highest BCUT2D eigenvalue weighted by Crippen LogP contribution is 2.20. The number of carbonyl (C=O) groups excluding carboxylic acids is 4. The molecule has 0 aromatic rings. The van der Waals surface area contributed by atoms with Crippen molar-refractivity contribution in [3.63, 3.8) is 0 Å². The quantitative estimate of drug-likeness (QED) is 0.691. The van der Waals surface area contributed by atoms with Crippen molar-refractivity contribution < 1.29 is 19.2 Å². The van der Waals surface area contributed by atoms with Crippen molar-refractivity contribution in [2.45, 2.75) is 51.9 Å². The van der Waals surface area contributed by atoms with E-state index >= 15 is 0 Å². The molecule has 2 fully saturated rings. The van der Waals surface area contributed by atoms with Gasteiger partial charge in [0.1, 0.15) is 12.3 Å². The molecule has 2 N–H and O–H groups in total. The molecule has 2 aliphatic rings. The van der Waals surface area contributed by atoms with Crippen LogP contribution in [0.4, 0.5) is 0 Å². The first-order chi connectivity index (χ1) is 10.4. The van der Waals surface area contributed by atoms with E-state index in [0.29, 0.717) is 38.8 Å². The van der Waals surface area contributed by atoms with E-state index in [1.165, 1.54) is 23.6 Å². The molecule has 2 rings (SSSR count). The third kappa shape index (κ3) is 3.55. The van der Waals surface area contributed by atoms with Gasteiger partial charge in [0.15, 0.2) is 0 Å². The lowest BCUT2D eigenvalue weighted by Crippen LogP contribution is -2.66. The predicted octanol–water partition coefficient (Wildman–Crippen LogP) is -0.844. The van der Waals surface area contributed by atoms with Gasteiger partial charge < -0.3 is 20.4 Å². The van der Waals surface area contributed by atoms with E-state index in [-0.39, 0.29) is 23.6 Å². The minimum absolute atomic E-state index is 0.0826. The average Bonchev–Trinajstić information content (AvgIpc) is 3.02. The summed E-state index contributed by atoms with van der Waals surface area (Å²) in [5, 5.41) is 5.43. The maximum Gasteiger partial charge on any atom is 0.224 e. The summed E-state index contributed by atoms with van der Waals surface area (Å²) in [5.74, 6) is -0.792. The SMILES string of the molecule is CC(=O)NC(C(NC(C)=O)N1CCCC1=O)N1CCCC1=O. The molecule has 2 aliphatic heterocycles. The van der Waals surface area contributed by atoms with E-state index in [9.17, 15) is 19.2 Å². The van der Waals surface area contributed by atoms with Crippen LogP contribution in [-0.2, 0) is 19.2 Å². The van der Waals surface area contributed by atoms with Crippen LogP contribution < -0.4 is 10.6 Å². The van der Waals surface area contributed by atoms with E-state index in [0.717, 1.165) is 0 Å². The van der Waals surface area contributed by atoms with Gasteiger partial charge in [-0.25, -0.2) is 0 Å². The number of hydrogen-bond acceptors (Lipinski definition) is 4. The van der Waals surface area contributed by atoms with Gasteiger partial charge in [-0.2, -0.15) is 0 Å². The van der Waals surface area contributed by atoms with Crippen LogP contribution >= 0.6 is 0 Å². The Hall–Kier alpha value is -2.12. The lowest BCUT2D eigenvalue weighted by atomic mass is 10.2. The number of hydrogen-bond donors (Lipinski definition) is 2. The lowest BCUT2D eigenvalue weighted by molar-refractivity contribution is -0.142. The van der Waals surface area contributed by atoms with Crippen molar-refractivity contribution in [1.29, 1.82) is 0 Å². The Morgan fingerprint density at radius 1 is 0.864 bits per heavy atom. The fourth-order valence-corrected chi connectivity index (χ4v) is 3.00. The normalized spacial score (nSPS) is 21.0. The Bertz CT molecular complexity index is 449. The first-order valence-corrected chi connectivity index (χ1v) is 7.53. The Labute approximate surface area is 129 Å². The topological polar surface area (TPSA) is 98.8 Å². The van der Waals surface area contributed by atoms with Gasteiger partial charge in [0.05, 0.1) is 0 Å². The molecule has 8 nitrogen and oxygen atoms in total. The minimum Gasteiger partial charge on any atom is -0.333 e. The molecule has 0 aliphatic carbocycles. The molecule has 0 saturated carbocycles. The molecule has 8 heteroatoms. The lowest BCUT2D eigenvalue weighted by Gasteiger charge is -2.39. The molecule has 4 amide bonds. The van der Waals surface area contributed by atoms with Crippen LogP contribution in [0.1, 0.15) is 39.5 Å². The van der Waals surface area contributed by atoms with E-state index in [2.05, 4.69) is 10.6 Å². The predicted molar refractivity (Wildman–Crippen MR) is 77.1 cm³/mol. The number of rotatable bonds is 5. The first-order valence-electron chi connectivity index (χ1n) is 7.53. The van der Waals surface area contributed by atoms with Crippen LogP contribution in [0.15, 0.2) is 0 Å². The zero-order valence-corrected chi connectivity index (χ0v) is 12.9. The molecule has 0 bridgehead atoms. The van der Waals surface area contributed by atoms with E-state index in [1.807, 2.05) is 0 Å². The van der Waals surface area contributed by atoms with E-state index in [4.69, 9.17) is 0 Å². The standard InChI is InChI=1S/C14H22N4O4/c1-9(19)15-13(17-7-3-5-11(17)21)14(16-10(2)20)18-8-4-6-12(18)22/h13-14H,3-8H2,1-2H3,(H,15,19)(H,16,20). The average molecular weight is 310 g/mol. The molecule has 2 atom stereocenters. The Balaban J connectivity index is 2.28. The third-order valence-electron chi connectivity index (χ3n) is 3.89. The highest BCUT2D eigenvalue weighted by Gasteiger charge is 2.40. The monoisotopic (exact) mass is 310 g/mol. The van der Waals surface area contributed by atoms with Crippen molar-refractivity contribution in [2.24, 2.45) is 0 Å². The second-order valence-corrected chi connectivity index (χ2v) is 5.67. The Kier molecular flexibility index (Phi) is 4.99. The summed E-state index contributed by atoms with van der Waals surface area (Å²) in [6.07, 6.45) is 0.760. The fraction of sp³-hybridized carbons (Fsp3) is 0.714. The Morgan fingerprint density at radius 3 is 1.45 bits per heavy atom. The molecular weight excluding hydrogens is 288 g/mol. The maximum atomic E-state index is 12.0. The van der Waals surface area contributed by atoms with Crippen LogP contribution in [-0.4, -0.2) is 58.8 Å². The zero-order chi connectivity index (χ0) is 16.3. The largest absolute Gasteiger partial charge is 0.333 e. The zero-order valence-electron chi connectivity index (χ0n) is 12.9. The summed E-state index contributed by atoms with van der Waals surface area (Å²) >= 11 is 0. The van der Waals surface area contributed by atoms with Gasteiger partial charge >= 0.3 is 0 Å². The molecule has 2 unspecified atom stereocenters. The van der Waals surface area contributed by atoms with Gasteiger partial charge in [0.2, 0.25) is 23.6 Å². The van der Waals surface area contributed by atoms with Crippen LogP contribution in [0.25, 0.3) is 0 Å². The summed E-state index contributed by atoms with van der Waals surface area (Å²) in [7, 11) is 0. The van der Waals surface area contributed by atoms with Gasteiger partial charge in [-0.15, -0.1) is 0 Å². The second kappa shape index (κ2) is 6.76. The number of amides is 4. The molecule has 2 saturated heterocycles. The van der Waals surface area contributed by atoms with Crippen LogP contribution in [0, 0.1) is 0 Å². The maximum absolute atomic E-state index is 12.0. The summed E-state index contributed by atoms with van der Waals surface area (Å²) < 4.78 is 0. The summed E-state index contributed by atoms with van der Waals surface area (Å²) in [5.41, 5.74) is 0. The van der Waals surface area contributed by atoms with Gasteiger partial charge in [-0.3, -0.25) is 19.2 Å². The Morgan fingerprint density at radius 2 is 1.23 bits per heavy atom. The number of nitrogens with zero attached hydrogens (tertiary/aromatic N) is 2. The number of likely N-dealkylation sites (tertiary alicyclic amines) is 2. The van der Waals surface area contributed by atoms with Crippen LogP contribution in [0.3, 0.4) is 0 Å². The van der Waals surface area contributed by atoms with Crippen molar-refractivity contribution >= 4 is 23.6 Å². The first kappa shape index (κ1) is 16.3. The van der Waals surface area contributed by atoms with Gasteiger partial charge in [0, 0.05) is 39.8 Å². The molecular formula is C14H22N4O4. The van der Waals surface area contributed by atoms with Gasteiger partial charge in [-0.1, -0.05) is 0 Å². The van der Waals surface area contributed by atoms with E-state index < -0.39 is 12.3 Å². The molecule has 0 radical (unpaired) electrons. The van der Waals surface area contributed by atoms with E-state index in [1.54, 1.807) is 0 Å². The molecule has 0 aromatic carbocycles. The number of carbonyl (C=O) groups is 4. The highest BCUT2D eigenvalue weighted by atomic mass is 16.2. The summed E-state index contributed by atoms with van der Waals surface area (Å²) in [6.45, 7) is 3.71. The van der Waals surface area contributed by atoms with Crippen molar-refractivity contribution in [3.8, 4) is 0 Å². The van der Waals surface area contributed by atoms with Crippen molar-refractivity contribution in [3.05, 3.63) is 0 Å². The molecule has 22 heavy (non-hydrogen) atoms. The summed E-state index contributed by atoms with van der Waals surface area (Å²) in [4.78, 5) is 50.2. The third-order valence-corrected chi connectivity index (χ3v) is 3.89. The molecule has 0 aromatic heterocycles. The van der Waals surface area contributed by atoms with Crippen LogP contribution in [0.2, 0.25) is 0 Å². The van der Waals surface area contributed by atoms with Crippen LogP contribution in [0.5, 0.6) is 0 Å². The fourth-order valence-electron chi connectivity index (χ4n) is 3.00. The van der Waals surface area contributed by atoms with Crippen molar-refractivity contribution in [1.82, 2.24) is 20.4 Å². The minimum atomic E-state index is -0.738. The molecule has 122 valence electrons.